The largest absolute Gasteiger partial charge is 0.458 e. The van der Waals surface area contributed by atoms with Crippen LogP contribution in [0.4, 0.5) is 4.79 Å². The smallest absolute Gasteiger partial charge is 0.426 e. The molecule has 1 aliphatic heterocycles. The molecule has 1 aromatic rings. The maximum atomic E-state index is 12.2. The molecule has 0 N–H and O–H groups in total. The van der Waals surface area contributed by atoms with E-state index in [1.807, 2.05) is 0 Å². The van der Waals surface area contributed by atoms with Gasteiger partial charge in [0.15, 0.2) is 6.04 Å². The fourth-order valence-corrected chi connectivity index (χ4v) is 3.07. The summed E-state index contributed by atoms with van der Waals surface area (Å²) in [5, 5.41) is 0. The molecular weight excluding hydrogens is 338 g/mol. The lowest BCUT2D eigenvalue weighted by Crippen LogP contribution is -2.46. The van der Waals surface area contributed by atoms with Gasteiger partial charge < -0.3 is 9.47 Å². The van der Waals surface area contributed by atoms with E-state index in [2.05, 4.69) is 4.18 Å². The van der Waals surface area contributed by atoms with Crippen LogP contribution in [0, 0.1) is 0 Å². The first kappa shape index (κ1) is 18.2. The zero-order valence-electron chi connectivity index (χ0n) is 13.6. The summed E-state index contributed by atoms with van der Waals surface area (Å²) in [6.07, 6.45) is -1.19. The number of carbonyl (C=O) groups excluding carboxylic acids is 2. The molecule has 8 nitrogen and oxygen atoms in total. The van der Waals surface area contributed by atoms with Crippen molar-refractivity contribution in [3.05, 3.63) is 35.9 Å². The Hall–Kier alpha value is -2.13. The molecule has 1 fully saturated rings. The van der Waals surface area contributed by atoms with Gasteiger partial charge in [-0.3, -0.25) is 4.18 Å². The predicted octanol–water partition coefficient (Wildman–Crippen LogP) is 1.61. The Morgan fingerprint density at radius 2 is 1.88 bits per heavy atom. The Balaban J connectivity index is 2.11. The Kier molecular flexibility index (Phi) is 5.14. The minimum atomic E-state index is -4.38. The van der Waals surface area contributed by atoms with Crippen LogP contribution in [-0.2, 0) is 35.4 Å². The number of rotatable bonds is 3. The standard InChI is InChI=1S/C15H19NO7S/c1-15(2,3)23-13(17)12-10-22-24(19,20)16(12)14(18)21-9-11-7-5-4-6-8-11/h4-8,12H,9-10H2,1-3H3. The van der Waals surface area contributed by atoms with Crippen LogP contribution in [0.5, 0.6) is 0 Å². The molecule has 2 rings (SSSR count). The van der Waals surface area contributed by atoms with E-state index in [0.29, 0.717) is 5.56 Å². The number of amides is 1. The molecule has 0 bridgehead atoms. The zero-order chi connectivity index (χ0) is 18.0. The van der Waals surface area contributed by atoms with Crippen molar-refractivity contribution in [3.63, 3.8) is 0 Å². The average Bonchev–Trinajstić information content (AvgIpc) is 2.80. The topological polar surface area (TPSA) is 99.2 Å². The van der Waals surface area contributed by atoms with E-state index in [1.54, 1.807) is 51.1 Å². The number of benzene rings is 1. The van der Waals surface area contributed by atoms with Gasteiger partial charge in [-0.05, 0) is 26.3 Å². The molecular formula is C15H19NO7S. The number of nitrogens with zero attached hydrogens (tertiary/aromatic N) is 1. The summed E-state index contributed by atoms with van der Waals surface area (Å²) in [6, 6.07) is 7.33. The summed E-state index contributed by atoms with van der Waals surface area (Å²) >= 11 is 0. The fourth-order valence-electron chi connectivity index (χ4n) is 1.97. The number of ether oxygens (including phenoxy) is 2. The van der Waals surface area contributed by atoms with Gasteiger partial charge in [0.1, 0.15) is 18.8 Å². The Labute approximate surface area is 140 Å². The molecule has 24 heavy (non-hydrogen) atoms. The van der Waals surface area contributed by atoms with E-state index in [1.165, 1.54) is 0 Å². The first-order chi connectivity index (χ1) is 11.1. The lowest BCUT2D eigenvalue weighted by molar-refractivity contribution is -0.159. The second kappa shape index (κ2) is 6.78. The summed E-state index contributed by atoms with van der Waals surface area (Å²) in [6.45, 7) is 4.26. The monoisotopic (exact) mass is 357 g/mol. The van der Waals surface area contributed by atoms with Gasteiger partial charge in [-0.2, -0.15) is 12.7 Å². The van der Waals surface area contributed by atoms with Crippen LogP contribution in [0.1, 0.15) is 26.3 Å². The SMILES string of the molecule is CC(C)(C)OC(=O)C1COS(=O)(=O)N1C(=O)OCc1ccccc1. The van der Waals surface area contributed by atoms with E-state index >= 15 is 0 Å². The van der Waals surface area contributed by atoms with Crippen molar-refractivity contribution in [1.82, 2.24) is 4.31 Å². The molecule has 1 unspecified atom stereocenters. The predicted molar refractivity (Wildman–Crippen MR) is 83.0 cm³/mol. The second-order valence-electron chi connectivity index (χ2n) is 6.13. The summed E-state index contributed by atoms with van der Waals surface area (Å²) in [5.41, 5.74) is -0.152. The summed E-state index contributed by atoms with van der Waals surface area (Å²) in [4.78, 5) is 24.3. The third kappa shape index (κ3) is 4.45. The molecule has 1 atom stereocenters. The van der Waals surface area contributed by atoms with Gasteiger partial charge in [0.25, 0.3) is 0 Å². The second-order valence-corrected chi connectivity index (χ2v) is 7.61. The fraction of sp³-hybridized carbons (Fsp3) is 0.467. The molecule has 132 valence electrons. The zero-order valence-corrected chi connectivity index (χ0v) is 14.4. The van der Waals surface area contributed by atoms with Crippen molar-refractivity contribution >= 4 is 22.4 Å². The molecule has 0 aromatic heterocycles. The molecule has 0 spiro atoms. The van der Waals surface area contributed by atoms with Crippen LogP contribution >= 0.6 is 0 Å². The van der Waals surface area contributed by atoms with Gasteiger partial charge in [0.05, 0.1) is 0 Å². The molecule has 1 aliphatic rings. The van der Waals surface area contributed by atoms with Crippen LogP contribution in [0.3, 0.4) is 0 Å². The highest BCUT2D eigenvalue weighted by Crippen LogP contribution is 2.23. The molecule has 9 heteroatoms. The molecule has 0 radical (unpaired) electrons. The maximum Gasteiger partial charge on any atom is 0.426 e. The highest BCUT2D eigenvalue weighted by atomic mass is 32.2. The van der Waals surface area contributed by atoms with Crippen molar-refractivity contribution in [2.45, 2.75) is 39.0 Å². The molecule has 1 aromatic carbocycles. The minimum Gasteiger partial charge on any atom is -0.458 e. The van der Waals surface area contributed by atoms with Crippen LogP contribution in [0.15, 0.2) is 30.3 Å². The van der Waals surface area contributed by atoms with Crippen molar-refractivity contribution in [2.75, 3.05) is 6.61 Å². The van der Waals surface area contributed by atoms with E-state index < -0.39 is 40.6 Å². The molecule has 0 aliphatic carbocycles. The number of hydrogen-bond donors (Lipinski definition) is 0. The van der Waals surface area contributed by atoms with Gasteiger partial charge >= 0.3 is 22.4 Å². The van der Waals surface area contributed by atoms with Gasteiger partial charge in [0.2, 0.25) is 0 Å². The van der Waals surface area contributed by atoms with Crippen molar-refractivity contribution in [1.29, 1.82) is 0 Å². The normalized spacial score (nSPS) is 19.8. The van der Waals surface area contributed by atoms with E-state index in [-0.39, 0.29) is 10.9 Å². The lowest BCUT2D eigenvalue weighted by Gasteiger charge is -2.24. The molecule has 1 amide bonds. The Morgan fingerprint density at radius 1 is 1.25 bits per heavy atom. The van der Waals surface area contributed by atoms with Gasteiger partial charge in [-0.25, -0.2) is 9.59 Å². The van der Waals surface area contributed by atoms with Crippen molar-refractivity contribution in [2.24, 2.45) is 0 Å². The van der Waals surface area contributed by atoms with Crippen molar-refractivity contribution < 1.29 is 31.7 Å². The first-order valence-corrected chi connectivity index (χ1v) is 8.59. The van der Waals surface area contributed by atoms with Crippen LogP contribution < -0.4 is 0 Å². The minimum absolute atomic E-state index is 0.132. The number of carbonyl (C=O) groups is 2. The van der Waals surface area contributed by atoms with Crippen molar-refractivity contribution in [3.8, 4) is 0 Å². The van der Waals surface area contributed by atoms with Gasteiger partial charge in [-0.1, -0.05) is 30.3 Å². The van der Waals surface area contributed by atoms with Crippen LogP contribution in [0.25, 0.3) is 0 Å². The number of hydrogen-bond acceptors (Lipinski definition) is 7. The highest BCUT2D eigenvalue weighted by molar-refractivity contribution is 7.85. The number of esters is 1. The Bertz CT molecular complexity index is 709. The molecule has 1 heterocycles. The highest BCUT2D eigenvalue weighted by Gasteiger charge is 2.49. The average molecular weight is 357 g/mol. The van der Waals surface area contributed by atoms with Crippen LogP contribution in [-0.4, -0.2) is 43.0 Å². The third-order valence-corrected chi connectivity index (χ3v) is 4.28. The summed E-state index contributed by atoms with van der Waals surface area (Å²) in [5.74, 6) is -0.875. The first-order valence-electron chi connectivity index (χ1n) is 7.22. The molecule has 0 saturated carbocycles. The van der Waals surface area contributed by atoms with Gasteiger partial charge in [0, 0.05) is 0 Å². The van der Waals surface area contributed by atoms with E-state index in [4.69, 9.17) is 9.47 Å². The summed E-state index contributed by atoms with van der Waals surface area (Å²) < 4.78 is 38.7. The third-order valence-electron chi connectivity index (χ3n) is 2.96. The van der Waals surface area contributed by atoms with Crippen LogP contribution in [0.2, 0.25) is 0 Å². The quantitative estimate of drug-likeness (QED) is 0.758. The summed E-state index contributed by atoms with van der Waals surface area (Å²) in [7, 11) is -4.38. The van der Waals surface area contributed by atoms with E-state index in [0.717, 1.165) is 0 Å². The van der Waals surface area contributed by atoms with Gasteiger partial charge in [-0.15, -0.1) is 0 Å². The van der Waals surface area contributed by atoms with E-state index in [9.17, 15) is 18.0 Å². The Morgan fingerprint density at radius 3 is 2.46 bits per heavy atom. The lowest BCUT2D eigenvalue weighted by atomic mass is 10.2. The molecule has 1 saturated heterocycles. The maximum absolute atomic E-state index is 12.2.